The van der Waals surface area contributed by atoms with Crippen molar-refractivity contribution in [2.24, 2.45) is 0 Å². The predicted molar refractivity (Wildman–Crippen MR) is 47.7 cm³/mol. The van der Waals surface area contributed by atoms with Gasteiger partial charge in [0.25, 0.3) is 0 Å². The Hall–Kier alpha value is -0.0400. The molecule has 0 N–H and O–H groups in total. The van der Waals surface area contributed by atoms with Crippen molar-refractivity contribution in [1.82, 2.24) is 0 Å². The molecule has 1 aliphatic rings. The SMILES string of the molecule is CCCC1CCCCCCO1. The summed E-state index contributed by atoms with van der Waals surface area (Å²) >= 11 is 0. The van der Waals surface area contributed by atoms with Crippen LogP contribution in [-0.4, -0.2) is 12.7 Å². The lowest BCUT2D eigenvalue weighted by Gasteiger charge is -2.19. The number of ether oxygens (including phenoxy) is 1. The van der Waals surface area contributed by atoms with Crippen LogP contribution in [-0.2, 0) is 4.74 Å². The summed E-state index contributed by atoms with van der Waals surface area (Å²) in [4.78, 5) is 0. The van der Waals surface area contributed by atoms with E-state index in [-0.39, 0.29) is 0 Å². The molecule has 1 rings (SSSR count). The van der Waals surface area contributed by atoms with Crippen LogP contribution >= 0.6 is 0 Å². The monoisotopic (exact) mass is 156 g/mol. The van der Waals surface area contributed by atoms with Crippen molar-refractivity contribution in [3.8, 4) is 0 Å². The van der Waals surface area contributed by atoms with E-state index in [1.54, 1.807) is 0 Å². The zero-order valence-electron chi connectivity index (χ0n) is 7.64. The van der Waals surface area contributed by atoms with Gasteiger partial charge in [-0.25, -0.2) is 0 Å². The zero-order chi connectivity index (χ0) is 7.94. The minimum Gasteiger partial charge on any atom is -0.378 e. The predicted octanol–water partition coefficient (Wildman–Crippen LogP) is 3.14. The average Bonchev–Trinajstić information content (AvgIpc) is 1.94. The Labute approximate surface area is 70.1 Å². The molecule has 0 radical (unpaired) electrons. The van der Waals surface area contributed by atoms with E-state index in [0.29, 0.717) is 6.10 Å². The number of rotatable bonds is 2. The van der Waals surface area contributed by atoms with Crippen molar-refractivity contribution < 1.29 is 4.74 Å². The van der Waals surface area contributed by atoms with Gasteiger partial charge in [0.05, 0.1) is 6.10 Å². The maximum absolute atomic E-state index is 5.72. The van der Waals surface area contributed by atoms with Crippen LogP contribution in [0.15, 0.2) is 0 Å². The van der Waals surface area contributed by atoms with Crippen molar-refractivity contribution in [2.75, 3.05) is 6.61 Å². The highest BCUT2D eigenvalue weighted by Crippen LogP contribution is 2.16. The smallest absolute Gasteiger partial charge is 0.0575 e. The Morgan fingerprint density at radius 3 is 2.82 bits per heavy atom. The van der Waals surface area contributed by atoms with Gasteiger partial charge in [0.2, 0.25) is 0 Å². The molecule has 0 aromatic heterocycles. The highest BCUT2D eigenvalue weighted by atomic mass is 16.5. The van der Waals surface area contributed by atoms with Gasteiger partial charge in [-0.05, 0) is 19.3 Å². The summed E-state index contributed by atoms with van der Waals surface area (Å²) in [6.45, 7) is 3.24. The second-order valence-corrected chi connectivity index (χ2v) is 3.48. The molecule has 0 aromatic carbocycles. The van der Waals surface area contributed by atoms with E-state index >= 15 is 0 Å². The highest BCUT2D eigenvalue weighted by molar-refractivity contribution is 4.60. The first-order chi connectivity index (χ1) is 5.43. The lowest BCUT2D eigenvalue weighted by Crippen LogP contribution is -2.15. The van der Waals surface area contributed by atoms with E-state index in [0.717, 1.165) is 6.61 Å². The molecule has 0 aromatic rings. The Bertz CT molecular complexity index is 82.9. The summed E-state index contributed by atoms with van der Waals surface area (Å²) in [6, 6.07) is 0. The summed E-state index contributed by atoms with van der Waals surface area (Å²) in [5.41, 5.74) is 0. The third kappa shape index (κ3) is 3.76. The summed E-state index contributed by atoms with van der Waals surface area (Å²) in [5, 5.41) is 0. The quantitative estimate of drug-likeness (QED) is 0.597. The van der Waals surface area contributed by atoms with Crippen molar-refractivity contribution >= 4 is 0 Å². The maximum Gasteiger partial charge on any atom is 0.0575 e. The molecule has 66 valence electrons. The van der Waals surface area contributed by atoms with E-state index in [9.17, 15) is 0 Å². The van der Waals surface area contributed by atoms with Crippen molar-refractivity contribution in [3.63, 3.8) is 0 Å². The second kappa shape index (κ2) is 5.59. The summed E-state index contributed by atoms with van der Waals surface area (Å²) in [5.74, 6) is 0. The molecule has 0 aliphatic carbocycles. The summed E-state index contributed by atoms with van der Waals surface area (Å²) in [7, 11) is 0. The normalized spacial score (nSPS) is 27.5. The van der Waals surface area contributed by atoms with Crippen LogP contribution in [0.2, 0.25) is 0 Å². The van der Waals surface area contributed by atoms with Crippen LogP contribution in [0.3, 0.4) is 0 Å². The van der Waals surface area contributed by atoms with Crippen LogP contribution in [0.4, 0.5) is 0 Å². The van der Waals surface area contributed by atoms with Gasteiger partial charge in [0, 0.05) is 6.61 Å². The molecule has 0 spiro atoms. The maximum atomic E-state index is 5.72. The molecule has 11 heavy (non-hydrogen) atoms. The first-order valence-electron chi connectivity index (χ1n) is 5.05. The third-order valence-corrected chi connectivity index (χ3v) is 2.38. The van der Waals surface area contributed by atoms with Crippen LogP contribution in [0.5, 0.6) is 0 Å². The molecule has 0 amide bonds. The summed E-state index contributed by atoms with van der Waals surface area (Å²) < 4.78 is 5.72. The number of hydrogen-bond acceptors (Lipinski definition) is 1. The van der Waals surface area contributed by atoms with Crippen molar-refractivity contribution in [2.45, 2.75) is 58.0 Å². The molecule has 0 saturated carbocycles. The molecule has 1 fully saturated rings. The fourth-order valence-corrected chi connectivity index (χ4v) is 1.71. The fourth-order valence-electron chi connectivity index (χ4n) is 1.71. The average molecular weight is 156 g/mol. The Kier molecular flexibility index (Phi) is 4.60. The van der Waals surface area contributed by atoms with Crippen molar-refractivity contribution in [1.29, 1.82) is 0 Å². The molecular formula is C10H20O. The molecule has 1 heteroatoms. The van der Waals surface area contributed by atoms with Gasteiger partial charge >= 0.3 is 0 Å². The van der Waals surface area contributed by atoms with Crippen LogP contribution in [0.1, 0.15) is 51.9 Å². The van der Waals surface area contributed by atoms with E-state index in [2.05, 4.69) is 6.92 Å². The first-order valence-corrected chi connectivity index (χ1v) is 5.05. The van der Waals surface area contributed by atoms with Gasteiger partial charge in [-0.1, -0.05) is 32.6 Å². The van der Waals surface area contributed by atoms with Gasteiger partial charge in [0.1, 0.15) is 0 Å². The van der Waals surface area contributed by atoms with Crippen LogP contribution in [0.25, 0.3) is 0 Å². The fraction of sp³-hybridized carbons (Fsp3) is 1.00. The standard InChI is InChI=1S/C10H20O/c1-2-7-10-8-5-3-4-6-9-11-10/h10H,2-9H2,1H3. The first kappa shape index (κ1) is 9.05. The van der Waals surface area contributed by atoms with Crippen molar-refractivity contribution in [3.05, 3.63) is 0 Å². The van der Waals surface area contributed by atoms with E-state index < -0.39 is 0 Å². The molecule has 1 nitrogen and oxygen atoms in total. The third-order valence-electron chi connectivity index (χ3n) is 2.38. The van der Waals surface area contributed by atoms with Gasteiger partial charge in [-0.15, -0.1) is 0 Å². The second-order valence-electron chi connectivity index (χ2n) is 3.48. The van der Waals surface area contributed by atoms with Gasteiger partial charge in [-0.2, -0.15) is 0 Å². The largest absolute Gasteiger partial charge is 0.378 e. The van der Waals surface area contributed by atoms with Crippen LogP contribution in [0, 0.1) is 0 Å². The minimum atomic E-state index is 0.584. The zero-order valence-corrected chi connectivity index (χ0v) is 7.64. The van der Waals surface area contributed by atoms with E-state index in [1.807, 2.05) is 0 Å². The van der Waals surface area contributed by atoms with Gasteiger partial charge in [-0.3, -0.25) is 0 Å². The van der Waals surface area contributed by atoms with E-state index in [1.165, 1.54) is 44.9 Å². The molecular weight excluding hydrogens is 136 g/mol. The molecule has 1 aliphatic heterocycles. The van der Waals surface area contributed by atoms with E-state index in [4.69, 9.17) is 4.74 Å². The lowest BCUT2D eigenvalue weighted by atomic mass is 10.0. The Balaban J connectivity index is 2.15. The Morgan fingerprint density at radius 2 is 2.00 bits per heavy atom. The Morgan fingerprint density at radius 1 is 1.18 bits per heavy atom. The summed E-state index contributed by atoms with van der Waals surface area (Å²) in [6.07, 6.45) is 9.87. The van der Waals surface area contributed by atoms with Crippen LogP contribution < -0.4 is 0 Å². The molecule has 0 bridgehead atoms. The topological polar surface area (TPSA) is 9.23 Å². The number of hydrogen-bond donors (Lipinski definition) is 0. The molecule has 1 heterocycles. The van der Waals surface area contributed by atoms with Gasteiger partial charge in [0.15, 0.2) is 0 Å². The molecule has 1 atom stereocenters. The molecule has 1 saturated heterocycles. The highest BCUT2D eigenvalue weighted by Gasteiger charge is 2.09. The van der Waals surface area contributed by atoms with Gasteiger partial charge < -0.3 is 4.74 Å². The molecule has 1 unspecified atom stereocenters. The minimum absolute atomic E-state index is 0.584. The lowest BCUT2D eigenvalue weighted by molar-refractivity contribution is 0.0298.